The van der Waals surface area contributed by atoms with Crippen molar-refractivity contribution < 1.29 is 19.1 Å². The molecule has 5 heteroatoms. The maximum Gasteiger partial charge on any atom is 0.303 e. The summed E-state index contributed by atoms with van der Waals surface area (Å²) >= 11 is 0. The average molecular weight is 251 g/mol. The number of nitrogens with zero attached hydrogens (tertiary/aromatic N) is 1. The quantitative estimate of drug-likeness (QED) is 0.826. The summed E-state index contributed by atoms with van der Waals surface area (Å²) in [5, 5.41) is 8.68. The number of carboxylic acid groups (broad SMARTS) is 1. The molecule has 0 aliphatic carbocycles. The minimum atomic E-state index is -0.883. The van der Waals surface area contributed by atoms with Gasteiger partial charge in [0.05, 0.1) is 0 Å². The maximum atomic E-state index is 13.1. The van der Waals surface area contributed by atoms with Gasteiger partial charge >= 0.3 is 5.97 Å². The van der Waals surface area contributed by atoms with Crippen LogP contribution >= 0.6 is 0 Å². The SMILES string of the molecule is O=CN1Cc2ccc(F)cc2C[C@@H]1CCC(=O)O. The Morgan fingerprint density at radius 3 is 2.94 bits per heavy atom. The van der Waals surface area contributed by atoms with Gasteiger partial charge in [0.25, 0.3) is 0 Å². The summed E-state index contributed by atoms with van der Waals surface area (Å²) < 4.78 is 13.1. The molecule has 0 fully saturated rings. The molecule has 4 nitrogen and oxygen atoms in total. The van der Waals surface area contributed by atoms with E-state index in [1.54, 1.807) is 11.0 Å². The van der Waals surface area contributed by atoms with Gasteiger partial charge in [-0.3, -0.25) is 9.59 Å². The van der Waals surface area contributed by atoms with Gasteiger partial charge in [-0.25, -0.2) is 4.39 Å². The van der Waals surface area contributed by atoms with E-state index in [9.17, 15) is 14.0 Å². The van der Waals surface area contributed by atoms with Crippen LogP contribution in [0.1, 0.15) is 24.0 Å². The average Bonchev–Trinajstić information content (AvgIpc) is 2.35. The van der Waals surface area contributed by atoms with Gasteiger partial charge in [0, 0.05) is 19.0 Å². The summed E-state index contributed by atoms with van der Waals surface area (Å²) in [6, 6.07) is 4.35. The van der Waals surface area contributed by atoms with E-state index in [1.165, 1.54) is 12.1 Å². The summed E-state index contributed by atoms with van der Waals surface area (Å²) in [4.78, 5) is 23.2. The van der Waals surface area contributed by atoms with E-state index in [0.29, 0.717) is 19.4 Å². The topological polar surface area (TPSA) is 57.6 Å². The Morgan fingerprint density at radius 2 is 2.28 bits per heavy atom. The third-order valence-corrected chi connectivity index (χ3v) is 3.27. The van der Waals surface area contributed by atoms with Crippen molar-refractivity contribution in [1.29, 1.82) is 0 Å². The van der Waals surface area contributed by atoms with Crippen molar-refractivity contribution in [1.82, 2.24) is 4.90 Å². The van der Waals surface area contributed by atoms with Crippen LogP contribution in [-0.4, -0.2) is 28.4 Å². The number of rotatable bonds is 4. The zero-order chi connectivity index (χ0) is 13.1. The van der Waals surface area contributed by atoms with Crippen molar-refractivity contribution in [3.8, 4) is 0 Å². The smallest absolute Gasteiger partial charge is 0.303 e. The number of carbonyl (C=O) groups is 2. The zero-order valence-electron chi connectivity index (χ0n) is 9.80. The molecule has 0 spiro atoms. The Hall–Kier alpha value is -1.91. The second kappa shape index (κ2) is 5.16. The van der Waals surface area contributed by atoms with Crippen LogP contribution in [0.3, 0.4) is 0 Å². The molecule has 0 saturated carbocycles. The second-order valence-corrected chi connectivity index (χ2v) is 4.48. The van der Waals surface area contributed by atoms with Gasteiger partial charge in [0.15, 0.2) is 0 Å². The molecule has 1 aliphatic heterocycles. The van der Waals surface area contributed by atoms with E-state index in [1.807, 2.05) is 0 Å². The van der Waals surface area contributed by atoms with Gasteiger partial charge in [-0.05, 0) is 36.1 Å². The molecule has 96 valence electrons. The highest BCUT2D eigenvalue weighted by Crippen LogP contribution is 2.25. The molecule has 1 aliphatic rings. The van der Waals surface area contributed by atoms with E-state index in [4.69, 9.17) is 5.11 Å². The van der Waals surface area contributed by atoms with E-state index in [0.717, 1.165) is 17.5 Å². The predicted octanol–water partition coefficient (Wildman–Crippen LogP) is 1.57. The fourth-order valence-corrected chi connectivity index (χ4v) is 2.32. The largest absolute Gasteiger partial charge is 0.481 e. The molecule has 1 N–H and O–H groups in total. The minimum absolute atomic E-state index is 0.0135. The van der Waals surface area contributed by atoms with Crippen LogP contribution in [-0.2, 0) is 22.6 Å². The number of hydrogen-bond donors (Lipinski definition) is 1. The van der Waals surface area contributed by atoms with Gasteiger partial charge in [0.1, 0.15) is 5.82 Å². The molecule has 1 heterocycles. The molecule has 2 rings (SSSR count). The van der Waals surface area contributed by atoms with Crippen molar-refractivity contribution in [3.63, 3.8) is 0 Å². The summed E-state index contributed by atoms with van der Waals surface area (Å²) in [6.45, 7) is 0.420. The van der Waals surface area contributed by atoms with Gasteiger partial charge in [-0.15, -0.1) is 0 Å². The Balaban J connectivity index is 2.17. The Labute approximate surface area is 104 Å². The third-order valence-electron chi connectivity index (χ3n) is 3.27. The molecule has 1 aromatic carbocycles. The van der Waals surface area contributed by atoms with Crippen LogP contribution in [0.25, 0.3) is 0 Å². The first-order valence-corrected chi connectivity index (χ1v) is 5.80. The van der Waals surface area contributed by atoms with Gasteiger partial charge in [-0.1, -0.05) is 6.07 Å². The first-order chi connectivity index (χ1) is 8.60. The van der Waals surface area contributed by atoms with Crippen molar-refractivity contribution >= 4 is 12.4 Å². The predicted molar refractivity (Wildman–Crippen MR) is 62.4 cm³/mol. The van der Waals surface area contributed by atoms with E-state index < -0.39 is 5.97 Å². The van der Waals surface area contributed by atoms with Gasteiger partial charge in [-0.2, -0.15) is 0 Å². The van der Waals surface area contributed by atoms with Crippen LogP contribution in [0.2, 0.25) is 0 Å². The molecule has 1 amide bonds. The minimum Gasteiger partial charge on any atom is -0.481 e. The lowest BCUT2D eigenvalue weighted by Gasteiger charge is -2.34. The van der Waals surface area contributed by atoms with E-state index >= 15 is 0 Å². The number of fused-ring (bicyclic) bond motifs is 1. The van der Waals surface area contributed by atoms with Gasteiger partial charge < -0.3 is 10.0 Å². The van der Waals surface area contributed by atoms with Crippen LogP contribution in [0.15, 0.2) is 18.2 Å². The summed E-state index contributed by atoms with van der Waals surface area (Å²) in [5.41, 5.74) is 1.79. The van der Waals surface area contributed by atoms with Crippen LogP contribution < -0.4 is 0 Å². The van der Waals surface area contributed by atoms with Crippen LogP contribution in [0.4, 0.5) is 4.39 Å². The van der Waals surface area contributed by atoms with E-state index in [2.05, 4.69) is 0 Å². The monoisotopic (exact) mass is 251 g/mol. The number of carbonyl (C=O) groups excluding carboxylic acids is 1. The highest BCUT2D eigenvalue weighted by molar-refractivity contribution is 5.66. The standard InChI is InChI=1S/C13H14FNO3/c14-11-2-1-9-7-15(8-16)12(3-4-13(17)18)6-10(9)5-11/h1-2,5,8,12H,3-4,6-7H2,(H,17,18)/t12-/m0/s1. The maximum absolute atomic E-state index is 13.1. The number of benzene rings is 1. The lowest BCUT2D eigenvalue weighted by atomic mass is 9.92. The van der Waals surface area contributed by atoms with Crippen molar-refractivity contribution in [2.24, 2.45) is 0 Å². The number of hydrogen-bond acceptors (Lipinski definition) is 2. The van der Waals surface area contributed by atoms with Crippen molar-refractivity contribution in [2.75, 3.05) is 0 Å². The van der Waals surface area contributed by atoms with Gasteiger partial charge in [0.2, 0.25) is 6.41 Å². The van der Waals surface area contributed by atoms with Crippen LogP contribution in [0.5, 0.6) is 0 Å². The fraction of sp³-hybridized carbons (Fsp3) is 0.385. The molecule has 0 bridgehead atoms. The Kier molecular flexibility index (Phi) is 3.60. The first kappa shape index (κ1) is 12.5. The number of carboxylic acids is 1. The number of amides is 1. The summed E-state index contributed by atoms with van der Waals surface area (Å²) in [5.74, 6) is -1.18. The molecule has 0 saturated heterocycles. The van der Waals surface area contributed by atoms with Crippen molar-refractivity contribution in [3.05, 3.63) is 35.1 Å². The normalized spacial score (nSPS) is 18.3. The molecule has 18 heavy (non-hydrogen) atoms. The zero-order valence-corrected chi connectivity index (χ0v) is 9.80. The molecule has 0 aromatic heterocycles. The Bertz CT molecular complexity index is 475. The van der Waals surface area contributed by atoms with Crippen molar-refractivity contribution in [2.45, 2.75) is 31.8 Å². The summed E-state index contributed by atoms with van der Waals surface area (Å²) in [7, 11) is 0. The Morgan fingerprint density at radius 1 is 1.50 bits per heavy atom. The highest BCUT2D eigenvalue weighted by Gasteiger charge is 2.25. The summed E-state index contributed by atoms with van der Waals surface area (Å²) in [6.07, 6.45) is 1.65. The molecule has 0 radical (unpaired) electrons. The lowest BCUT2D eigenvalue weighted by Crippen LogP contribution is -2.39. The molecular formula is C13H14FNO3. The molecule has 1 atom stereocenters. The number of aliphatic carboxylic acids is 1. The van der Waals surface area contributed by atoms with E-state index in [-0.39, 0.29) is 18.3 Å². The molecule has 1 aromatic rings. The van der Waals surface area contributed by atoms with Crippen LogP contribution in [0, 0.1) is 5.82 Å². The molecular weight excluding hydrogens is 237 g/mol. The first-order valence-electron chi connectivity index (χ1n) is 5.80. The highest BCUT2D eigenvalue weighted by atomic mass is 19.1. The second-order valence-electron chi connectivity index (χ2n) is 4.48. The number of halogens is 1. The molecule has 0 unspecified atom stereocenters. The third kappa shape index (κ3) is 2.67. The lowest BCUT2D eigenvalue weighted by molar-refractivity contribution is -0.138. The fourth-order valence-electron chi connectivity index (χ4n) is 2.32.